The number of nitrogens with zero attached hydrogens (tertiary/aromatic N) is 3. The average molecular weight is 252 g/mol. The molecule has 2 rings (SSSR count). The van der Waals surface area contributed by atoms with Crippen LogP contribution in [0.1, 0.15) is 38.4 Å². The predicted octanol–water partition coefficient (Wildman–Crippen LogP) is 1.45. The van der Waals surface area contributed by atoms with Crippen LogP contribution in [0.5, 0.6) is 0 Å². The average Bonchev–Trinajstić information content (AvgIpc) is 2.76. The Morgan fingerprint density at radius 2 is 2.11 bits per heavy atom. The van der Waals surface area contributed by atoms with Crippen molar-refractivity contribution in [2.24, 2.45) is 5.92 Å². The molecule has 5 nitrogen and oxygen atoms in total. The van der Waals surface area contributed by atoms with Gasteiger partial charge in [0.05, 0.1) is 6.54 Å². The zero-order chi connectivity index (χ0) is 13.0. The highest BCUT2D eigenvalue weighted by molar-refractivity contribution is 4.88. The van der Waals surface area contributed by atoms with Gasteiger partial charge in [-0.05, 0) is 38.9 Å². The zero-order valence-electron chi connectivity index (χ0n) is 11.6. The van der Waals surface area contributed by atoms with Crippen molar-refractivity contribution in [3.05, 3.63) is 11.7 Å². The van der Waals surface area contributed by atoms with Crippen LogP contribution < -0.4 is 5.32 Å². The van der Waals surface area contributed by atoms with E-state index in [1.807, 2.05) is 0 Å². The minimum absolute atomic E-state index is 0.556. The molecule has 0 saturated carbocycles. The van der Waals surface area contributed by atoms with Gasteiger partial charge < -0.3 is 9.84 Å². The van der Waals surface area contributed by atoms with Crippen LogP contribution in [0.2, 0.25) is 0 Å². The molecule has 18 heavy (non-hydrogen) atoms. The van der Waals surface area contributed by atoms with E-state index in [9.17, 15) is 0 Å². The van der Waals surface area contributed by atoms with Crippen molar-refractivity contribution in [2.45, 2.75) is 45.7 Å². The van der Waals surface area contributed by atoms with Gasteiger partial charge >= 0.3 is 0 Å². The lowest BCUT2D eigenvalue weighted by molar-refractivity contribution is 0.186. The van der Waals surface area contributed by atoms with Crippen molar-refractivity contribution in [3.8, 4) is 0 Å². The normalized spacial score (nSPS) is 17.8. The summed E-state index contributed by atoms with van der Waals surface area (Å²) in [6, 6.07) is 0.637. The van der Waals surface area contributed by atoms with Crippen LogP contribution in [0.4, 0.5) is 0 Å². The molecule has 1 saturated heterocycles. The molecule has 0 bridgehead atoms. The molecular formula is C13H24N4O. The van der Waals surface area contributed by atoms with Gasteiger partial charge in [0.15, 0.2) is 5.82 Å². The molecule has 1 N–H and O–H groups in total. The Labute approximate surface area is 109 Å². The molecule has 5 heteroatoms. The predicted molar refractivity (Wildman–Crippen MR) is 70.2 cm³/mol. The van der Waals surface area contributed by atoms with Crippen LogP contribution in [0.3, 0.4) is 0 Å². The van der Waals surface area contributed by atoms with Gasteiger partial charge in [0.1, 0.15) is 0 Å². The fraction of sp³-hybridized carbons (Fsp3) is 0.846. The van der Waals surface area contributed by atoms with Crippen molar-refractivity contribution < 1.29 is 4.52 Å². The number of nitrogens with one attached hydrogen (secondary N) is 1. The lowest BCUT2D eigenvalue weighted by atomic mass is 10.1. The number of piperidine rings is 1. The van der Waals surface area contributed by atoms with Crippen molar-refractivity contribution in [3.63, 3.8) is 0 Å². The van der Waals surface area contributed by atoms with E-state index in [4.69, 9.17) is 4.52 Å². The van der Waals surface area contributed by atoms with Gasteiger partial charge in [0.2, 0.25) is 5.89 Å². The molecule has 2 heterocycles. The number of hydrogen-bond donors (Lipinski definition) is 1. The van der Waals surface area contributed by atoms with E-state index in [1.165, 1.54) is 12.8 Å². The molecule has 0 unspecified atom stereocenters. The van der Waals surface area contributed by atoms with Gasteiger partial charge in [-0.3, -0.25) is 4.90 Å². The highest BCUT2D eigenvalue weighted by Crippen LogP contribution is 2.13. The van der Waals surface area contributed by atoms with E-state index >= 15 is 0 Å². The van der Waals surface area contributed by atoms with E-state index in [1.54, 1.807) is 0 Å². The molecule has 102 valence electrons. The molecule has 1 aliphatic rings. The standard InChI is InChI=1S/C13H24N4O/c1-10(2)8-13-15-12(16-18-13)9-17(3)11-4-6-14-7-5-11/h10-11,14H,4-9H2,1-3H3. The van der Waals surface area contributed by atoms with E-state index in [2.05, 4.69) is 41.3 Å². The highest BCUT2D eigenvalue weighted by Gasteiger charge is 2.19. The fourth-order valence-corrected chi connectivity index (χ4v) is 2.39. The number of rotatable bonds is 5. The van der Waals surface area contributed by atoms with Gasteiger partial charge in [-0.15, -0.1) is 0 Å². The van der Waals surface area contributed by atoms with E-state index in [-0.39, 0.29) is 0 Å². The summed E-state index contributed by atoms with van der Waals surface area (Å²) in [6.45, 7) is 7.32. The summed E-state index contributed by atoms with van der Waals surface area (Å²) >= 11 is 0. The molecular weight excluding hydrogens is 228 g/mol. The third-order valence-corrected chi connectivity index (χ3v) is 3.42. The fourth-order valence-electron chi connectivity index (χ4n) is 2.39. The molecule has 0 atom stereocenters. The Bertz CT molecular complexity index is 358. The largest absolute Gasteiger partial charge is 0.339 e. The maximum absolute atomic E-state index is 5.26. The van der Waals surface area contributed by atoms with Crippen LogP contribution in [0.25, 0.3) is 0 Å². The molecule has 0 aliphatic carbocycles. The quantitative estimate of drug-likeness (QED) is 0.859. The van der Waals surface area contributed by atoms with E-state index < -0.39 is 0 Å². The summed E-state index contributed by atoms with van der Waals surface area (Å²) < 4.78 is 5.26. The second kappa shape index (κ2) is 6.29. The van der Waals surface area contributed by atoms with Crippen molar-refractivity contribution in [1.29, 1.82) is 0 Å². The van der Waals surface area contributed by atoms with Crippen LogP contribution in [0.15, 0.2) is 4.52 Å². The van der Waals surface area contributed by atoms with Gasteiger partial charge in [-0.1, -0.05) is 19.0 Å². The first-order valence-electron chi connectivity index (χ1n) is 6.87. The maximum Gasteiger partial charge on any atom is 0.226 e. The first-order valence-corrected chi connectivity index (χ1v) is 6.87. The second-order valence-corrected chi connectivity index (χ2v) is 5.60. The summed E-state index contributed by atoms with van der Waals surface area (Å²) in [5, 5.41) is 7.44. The van der Waals surface area contributed by atoms with E-state index in [0.29, 0.717) is 12.0 Å². The Kier molecular flexibility index (Phi) is 4.72. The molecule has 1 fully saturated rings. The van der Waals surface area contributed by atoms with Crippen molar-refractivity contribution in [1.82, 2.24) is 20.4 Å². The highest BCUT2D eigenvalue weighted by atomic mass is 16.5. The minimum Gasteiger partial charge on any atom is -0.339 e. The molecule has 0 spiro atoms. The molecule has 0 radical (unpaired) electrons. The smallest absolute Gasteiger partial charge is 0.226 e. The number of aromatic nitrogens is 2. The second-order valence-electron chi connectivity index (χ2n) is 5.60. The third-order valence-electron chi connectivity index (χ3n) is 3.42. The monoisotopic (exact) mass is 252 g/mol. The summed E-state index contributed by atoms with van der Waals surface area (Å²) in [7, 11) is 2.15. The first-order chi connectivity index (χ1) is 8.65. The van der Waals surface area contributed by atoms with Crippen LogP contribution in [-0.2, 0) is 13.0 Å². The van der Waals surface area contributed by atoms with Crippen LogP contribution in [0, 0.1) is 5.92 Å². The molecule has 0 amide bonds. The Morgan fingerprint density at radius 1 is 1.39 bits per heavy atom. The molecule has 1 aromatic rings. The first kappa shape index (κ1) is 13.5. The van der Waals surface area contributed by atoms with Gasteiger partial charge in [0, 0.05) is 12.5 Å². The van der Waals surface area contributed by atoms with Crippen LogP contribution in [-0.4, -0.2) is 41.2 Å². The van der Waals surface area contributed by atoms with Crippen molar-refractivity contribution >= 4 is 0 Å². The SMILES string of the molecule is CC(C)Cc1nc(CN(C)C2CCNCC2)no1. The summed E-state index contributed by atoms with van der Waals surface area (Å²) in [5.74, 6) is 2.13. The summed E-state index contributed by atoms with van der Waals surface area (Å²) in [5.41, 5.74) is 0. The van der Waals surface area contributed by atoms with Gasteiger partial charge in [-0.2, -0.15) is 4.98 Å². The maximum atomic E-state index is 5.26. The van der Waals surface area contributed by atoms with Gasteiger partial charge in [0.25, 0.3) is 0 Å². The zero-order valence-corrected chi connectivity index (χ0v) is 11.6. The third kappa shape index (κ3) is 3.78. The lowest BCUT2D eigenvalue weighted by Crippen LogP contribution is -2.40. The Morgan fingerprint density at radius 3 is 2.78 bits per heavy atom. The van der Waals surface area contributed by atoms with Gasteiger partial charge in [-0.25, -0.2) is 0 Å². The molecule has 1 aliphatic heterocycles. The van der Waals surface area contributed by atoms with Crippen LogP contribution >= 0.6 is 0 Å². The Balaban J connectivity index is 1.86. The summed E-state index contributed by atoms with van der Waals surface area (Å²) in [4.78, 5) is 6.79. The summed E-state index contributed by atoms with van der Waals surface area (Å²) in [6.07, 6.45) is 3.27. The molecule has 1 aromatic heterocycles. The number of hydrogen-bond acceptors (Lipinski definition) is 5. The van der Waals surface area contributed by atoms with Crippen molar-refractivity contribution in [2.75, 3.05) is 20.1 Å². The van der Waals surface area contributed by atoms with E-state index in [0.717, 1.165) is 37.8 Å². The topological polar surface area (TPSA) is 54.2 Å². The Hall–Kier alpha value is -0.940. The lowest BCUT2D eigenvalue weighted by Gasteiger charge is -2.30. The molecule has 0 aromatic carbocycles. The minimum atomic E-state index is 0.556.